The van der Waals surface area contributed by atoms with Crippen LogP contribution < -0.4 is 4.74 Å². The summed E-state index contributed by atoms with van der Waals surface area (Å²) in [6.07, 6.45) is 5.48. The van der Waals surface area contributed by atoms with Crippen molar-refractivity contribution in [3.05, 3.63) is 35.9 Å². The summed E-state index contributed by atoms with van der Waals surface area (Å²) in [7, 11) is -1.40. The second-order valence-electron chi connectivity index (χ2n) is 10.4. The molecule has 11 heteroatoms. The van der Waals surface area contributed by atoms with Crippen molar-refractivity contribution in [3.8, 4) is 5.75 Å². The molecule has 0 N–H and O–H groups in total. The first-order valence-electron chi connectivity index (χ1n) is 12.6. The van der Waals surface area contributed by atoms with E-state index < -0.39 is 15.7 Å². The highest BCUT2D eigenvalue weighted by molar-refractivity contribution is 7.99. The van der Waals surface area contributed by atoms with Gasteiger partial charge in [-0.2, -0.15) is 0 Å². The lowest BCUT2D eigenvalue weighted by Gasteiger charge is -2.30. The number of ether oxygens (including phenoxy) is 1. The van der Waals surface area contributed by atoms with Gasteiger partial charge in [0, 0.05) is 19.1 Å². The highest BCUT2D eigenvalue weighted by Crippen LogP contribution is 2.52. The molecule has 1 saturated heterocycles. The molecule has 2 aromatic rings. The van der Waals surface area contributed by atoms with Crippen molar-refractivity contribution in [2.75, 3.05) is 24.3 Å². The zero-order valence-electron chi connectivity index (χ0n) is 20.7. The third kappa shape index (κ3) is 5.27. The quantitative estimate of drug-likeness (QED) is 0.451. The molecule has 196 valence electrons. The molecule has 2 bridgehead atoms. The SMILES string of the molecule is C[C@H]([C@@H]1C[C@H]2CC[C@H]1C2)n1c(COc2ccccc2F)nnc1SCC(=O)N(C)[C@@H]1CCS(=O)(=O)C1. The third-order valence-corrected chi connectivity index (χ3v) is 10.9. The van der Waals surface area contributed by atoms with E-state index in [1.54, 1.807) is 30.1 Å². The Kier molecular flexibility index (Phi) is 7.31. The van der Waals surface area contributed by atoms with Crippen molar-refractivity contribution in [3.63, 3.8) is 0 Å². The topological polar surface area (TPSA) is 94.4 Å². The number of para-hydroxylation sites is 1. The molecule has 0 radical (unpaired) electrons. The lowest BCUT2D eigenvalue weighted by molar-refractivity contribution is -0.128. The summed E-state index contributed by atoms with van der Waals surface area (Å²) in [6.45, 7) is 2.26. The molecule has 0 spiro atoms. The number of nitrogens with zero attached hydrogens (tertiary/aromatic N) is 4. The Morgan fingerprint density at radius 2 is 2.06 bits per heavy atom. The van der Waals surface area contributed by atoms with Gasteiger partial charge in [0.25, 0.3) is 0 Å². The van der Waals surface area contributed by atoms with Gasteiger partial charge in [0.05, 0.1) is 17.3 Å². The van der Waals surface area contributed by atoms with Gasteiger partial charge in [0.1, 0.15) is 6.61 Å². The van der Waals surface area contributed by atoms with Crippen LogP contribution in [0.2, 0.25) is 0 Å². The number of fused-ring (bicyclic) bond motifs is 2. The van der Waals surface area contributed by atoms with Crippen LogP contribution >= 0.6 is 11.8 Å². The van der Waals surface area contributed by atoms with E-state index in [0.717, 1.165) is 5.92 Å². The average molecular weight is 537 g/mol. The predicted octanol–water partition coefficient (Wildman–Crippen LogP) is 3.73. The monoisotopic (exact) mass is 536 g/mol. The first kappa shape index (κ1) is 25.5. The van der Waals surface area contributed by atoms with Crippen LogP contribution in [0.3, 0.4) is 0 Å². The first-order chi connectivity index (χ1) is 17.2. The van der Waals surface area contributed by atoms with Crippen LogP contribution in [-0.4, -0.2) is 64.3 Å². The Morgan fingerprint density at radius 3 is 2.72 bits per heavy atom. The predicted molar refractivity (Wildman–Crippen MR) is 135 cm³/mol. The van der Waals surface area contributed by atoms with Gasteiger partial charge in [-0.3, -0.25) is 9.36 Å². The lowest BCUT2D eigenvalue weighted by Crippen LogP contribution is -2.38. The van der Waals surface area contributed by atoms with Gasteiger partial charge in [-0.25, -0.2) is 12.8 Å². The largest absolute Gasteiger partial charge is 0.483 e. The van der Waals surface area contributed by atoms with E-state index in [1.165, 1.54) is 43.5 Å². The average Bonchev–Trinajstić information content (AvgIpc) is 3.65. The second kappa shape index (κ2) is 10.3. The molecule has 1 aliphatic heterocycles. The number of benzene rings is 1. The molecule has 1 aromatic heterocycles. The summed E-state index contributed by atoms with van der Waals surface area (Å²) in [4.78, 5) is 14.5. The highest BCUT2D eigenvalue weighted by atomic mass is 32.2. The van der Waals surface area contributed by atoms with Crippen LogP contribution in [0.5, 0.6) is 5.75 Å². The molecule has 2 aliphatic carbocycles. The van der Waals surface area contributed by atoms with Crippen LogP contribution in [0.25, 0.3) is 0 Å². The number of halogens is 1. The molecule has 0 unspecified atom stereocenters. The normalized spacial score (nSPS) is 27.3. The Hall–Kier alpha value is -2.14. The summed E-state index contributed by atoms with van der Waals surface area (Å²) >= 11 is 1.31. The smallest absolute Gasteiger partial charge is 0.233 e. The first-order valence-corrected chi connectivity index (χ1v) is 15.4. The molecule has 2 saturated carbocycles. The van der Waals surface area contributed by atoms with Crippen molar-refractivity contribution in [2.45, 2.75) is 62.9 Å². The molecule has 5 rings (SSSR count). The summed E-state index contributed by atoms with van der Waals surface area (Å²) in [6, 6.07) is 6.13. The molecule has 8 nitrogen and oxygen atoms in total. The number of hydrogen-bond acceptors (Lipinski definition) is 7. The van der Waals surface area contributed by atoms with E-state index >= 15 is 0 Å². The minimum Gasteiger partial charge on any atom is -0.483 e. The maximum Gasteiger partial charge on any atom is 0.233 e. The fraction of sp³-hybridized carbons (Fsp3) is 0.640. The number of carbonyl (C=O) groups is 1. The van der Waals surface area contributed by atoms with Crippen LogP contribution in [0.4, 0.5) is 4.39 Å². The number of hydrogen-bond donors (Lipinski definition) is 0. The van der Waals surface area contributed by atoms with Crippen LogP contribution in [0, 0.1) is 23.6 Å². The van der Waals surface area contributed by atoms with E-state index in [2.05, 4.69) is 21.7 Å². The maximum absolute atomic E-state index is 14.1. The summed E-state index contributed by atoms with van der Waals surface area (Å²) in [5.74, 6) is 2.48. The van der Waals surface area contributed by atoms with Crippen LogP contribution in [0.1, 0.15) is 50.9 Å². The van der Waals surface area contributed by atoms with Gasteiger partial charge >= 0.3 is 0 Å². The van der Waals surface area contributed by atoms with E-state index in [4.69, 9.17) is 4.74 Å². The fourth-order valence-corrected chi connectivity index (χ4v) is 8.95. The van der Waals surface area contributed by atoms with E-state index in [-0.39, 0.29) is 47.6 Å². The number of sulfone groups is 1. The molecular weight excluding hydrogens is 503 g/mol. The zero-order valence-corrected chi connectivity index (χ0v) is 22.3. The van der Waals surface area contributed by atoms with Crippen LogP contribution in [-0.2, 0) is 21.2 Å². The zero-order chi connectivity index (χ0) is 25.4. The molecule has 3 fully saturated rings. The molecular formula is C25H33FN4O4S2. The molecule has 2 heterocycles. The van der Waals surface area contributed by atoms with Crippen molar-refractivity contribution in [1.29, 1.82) is 0 Å². The van der Waals surface area contributed by atoms with E-state index in [0.29, 0.717) is 29.2 Å². The lowest BCUT2D eigenvalue weighted by atomic mass is 9.84. The molecule has 36 heavy (non-hydrogen) atoms. The minimum atomic E-state index is -3.07. The van der Waals surface area contributed by atoms with Crippen molar-refractivity contribution >= 4 is 27.5 Å². The van der Waals surface area contributed by atoms with Gasteiger partial charge in [-0.1, -0.05) is 30.3 Å². The second-order valence-corrected chi connectivity index (χ2v) is 13.6. The van der Waals surface area contributed by atoms with Gasteiger partial charge in [0.2, 0.25) is 5.91 Å². The number of aromatic nitrogens is 3. The Morgan fingerprint density at radius 1 is 1.25 bits per heavy atom. The van der Waals surface area contributed by atoms with Crippen molar-refractivity contribution < 1.29 is 22.3 Å². The minimum absolute atomic E-state index is 0.0227. The molecule has 1 aromatic carbocycles. The van der Waals surface area contributed by atoms with Crippen molar-refractivity contribution in [1.82, 2.24) is 19.7 Å². The van der Waals surface area contributed by atoms with Gasteiger partial charge in [-0.15, -0.1) is 10.2 Å². The van der Waals surface area contributed by atoms with E-state index in [1.807, 2.05) is 0 Å². The molecule has 3 aliphatic rings. The maximum atomic E-state index is 14.1. The highest BCUT2D eigenvalue weighted by Gasteiger charge is 2.43. The number of amides is 1. The van der Waals surface area contributed by atoms with Gasteiger partial charge in [-0.05, 0) is 62.5 Å². The summed E-state index contributed by atoms with van der Waals surface area (Å²) < 4.78 is 45.6. The summed E-state index contributed by atoms with van der Waals surface area (Å²) in [5.41, 5.74) is 0. The van der Waals surface area contributed by atoms with Crippen LogP contribution in [0.15, 0.2) is 29.4 Å². The molecule has 1 amide bonds. The van der Waals surface area contributed by atoms with E-state index in [9.17, 15) is 17.6 Å². The van der Waals surface area contributed by atoms with Gasteiger partial charge in [0.15, 0.2) is 32.4 Å². The third-order valence-electron chi connectivity index (χ3n) is 8.22. The number of thioether (sulfide) groups is 1. The van der Waals surface area contributed by atoms with Gasteiger partial charge < -0.3 is 9.64 Å². The number of carbonyl (C=O) groups excluding carboxylic acids is 1. The van der Waals surface area contributed by atoms with Crippen molar-refractivity contribution in [2.24, 2.45) is 17.8 Å². The Labute approximate surface area is 215 Å². The summed E-state index contributed by atoms with van der Waals surface area (Å²) in [5, 5.41) is 9.41. The standard InChI is InChI=1S/C25H33FN4O4S2/c1-16(20-12-17-7-8-18(20)11-17)30-23(13-34-22-6-4-3-5-21(22)26)27-28-25(30)35-14-24(31)29(2)19-9-10-36(32,33)15-19/h3-6,16-20H,7-15H2,1-2H3/t16-,17+,18+,19-,20+/m1/s1. The molecule has 5 atom stereocenters. The Balaban J connectivity index is 1.32. The fourth-order valence-electron chi connectivity index (χ4n) is 6.21. The Bertz CT molecular complexity index is 1220. The number of rotatable bonds is 9.